The van der Waals surface area contributed by atoms with Crippen molar-refractivity contribution in [2.75, 3.05) is 0 Å². The molecule has 0 unspecified atom stereocenters. The first-order chi connectivity index (χ1) is 6.16. The van der Waals surface area contributed by atoms with E-state index in [4.69, 9.17) is 0 Å². The van der Waals surface area contributed by atoms with Gasteiger partial charge >= 0.3 is 0 Å². The Hall–Kier alpha value is -1.33. The molecule has 1 aliphatic rings. The second-order valence-corrected chi connectivity index (χ2v) is 3.01. The summed E-state index contributed by atoms with van der Waals surface area (Å²) in [5, 5.41) is 9.35. The molecule has 0 amide bonds. The predicted octanol–water partition coefficient (Wildman–Crippen LogP) is 1.22. The molecule has 0 saturated heterocycles. The third-order valence-corrected chi connectivity index (χ3v) is 2.16. The van der Waals surface area contributed by atoms with Gasteiger partial charge in [0.2, 0.25) is 0 Å². The van der Waals surface area contributed by atoms with Crippen LogP contribution < -0.4 is 0 Å². The van der Waals surface area contributed by atoms with Gasteiger partial charge < -0.3 is 5.11 Å². The zero-order valence-electron chi connectivity index (χ0n) is 7.63. The molecule has 2 nitrogen and oxygen atoms in total. The third kappa shape index (κ3) is 2.07. The molecule has 0 aromatic heterocycles. The molecule has 13 heavy (non-hydrogen) atoms. The minimum atomic E-state index is -0.590. The van der Waals surface area contributed by atoms with Gasteiger partial charge in [0.05, 0.1) is 6.10 Å². The predicted molar refractivity (Wildman–Crippen MR) is 50.9 cm³/mol. The van der Waals surface area contributed by atoms with Gasteiger partial charge in [0.1, 0.15) is 0 Å². The largest absolute Gasteiger partial charge is 0.388 e. The molecular weight excluding hydrogens is 164 g/mol. The van der Waals surface area contributed by atoms with Crippen molar-refractivity contribution in [1.29, 1.82) is 0 Å². The molecule has 2 heteroatoms. The van der Waals surface area contributed by atoms with E-state index in [0.717, 1.165) is 5.57 Å². The average molecular weight is 176 g/mol. The summed E-state index contributed by atoms with van der Waals surface area (Å²) < 4.78 is 0. The molecule has 0 heterocycles. The topological polar surface area (TPSA) is 37.3 Å². The van der Waals surface area contributed by atoms with Crippen LogP contribution in [0.5, 0.6) is 0 Å². The van der Waals surface area contributed by atoms with Crippen LogP contribution in [0.3, 0.4) is 0 Å². The minimum absolute atomic E-state index is 0.0170. The van der Waals surface area contributed by atoms with E-state index < -0.39 is 6.10 Å². The SMILES string of the molecule is C=CC#CCC1=C(C)[C@@H](O)CC1=O. The number of carbonyl (C=O) groups excluding carboxylic acids is 1. The Morgan fingerprint density at radius 1 is 1.77 bits per heavy atom. The average Bonchev–Trinajstić information content (AvgIpc) is 2.32. The van der Waals surface area contributed by atoms with E-state index in [0.29, 0.717) is 12.0 Å². The lowest BCUT2D eigenvalue weighted by atomic mass is 10.1. The van der Waals surface area contributed by atoms with E-state index >= 15 is 0 Å². The number of hydrogen-bond acceptors (Lipinski definition) is 2. The van der Waals surface area contributed by atoms with E-state index in [-0.39, 0.29) is 12.2 Å². The lowest BCUT2D eigenvalue weighted by Gasteiger charge is -1.99. The molecular formula is C11H12O2. The van der Waals surface area contributed by atoms with E-state index in [9.17, 15) is 9.90 Å². The molecule has 0 aliphatic heterocycles. The number of ketones is 1. The molecule has 1 N–H and O–H groups in total. The molecule has 1 rings (SSSR count). The fourth-order valence-electron chi connectivity index (χ4n) is 1.32. The first-order valence-electron chi connectivity index (χ1n) is 4.17. The lowest BCUT2D eigenvalue weighted by Crippen LogP contribution is -2.03. The Morgan fingerprint density at radius 3 is 2.92 bits per heavy atom. The van der Waals surface area contributed by atoms with Crippen molar-refractivity contribution in [3.63, 3.8) is 0 Å². The Balaban J connectivity index is 2.77. The van der Waals surface area contributed by atoms with Gasteiger partial charge in [-0.2, -0.15) is 0 Å². The van der Waals surface area contributed by atoms with Crippen LogP contribution in [-0.4, -0.2) is 17.0 Å². The molecule has 0 spiro atoms. The van der Waals surface area contributed by atoms with Crippen LogP contribution in [-0.2, 0) is 4.79 Å². The first-order valence-corrected chi connectivity index (χ1v) is 4.17. The van der Waals surface area contributed by atoms with Gasteiger partial charge in [-0.05, 0) is 18.6 Å². The number of aliphatic hydroxyl groups is 1. The van der Waals surface area contributed by atoms with Crippen molar-refractivity contribution in [1.82, 2.24) is 0 Å². The fraction of sp³-hybridized carbons (Fsp3) is 0.364. The van der Waals surface area contributed by atoms with Gasteiger partial charge in [0.25, 0.3) is 0 Å². The van der Waals surface area contributed by atoms with Crippen LogP contribution in [0.4, 0.5) is 0 Å². The lowest BCUT2D eigenvalue weighted by molar-refractivity contribution is -0.115. The van der Waals surface area contributed by atoms with Crippen molar-refractivity contribution in [3.8, 4) is 11.8 Å². The van der Waals surface area contributed by atoms with Gasteiger partial charge in [0.15, 0.2) is 5.78 Å². The number of rotatable bonds is 1. The summed E-state index contributed by atoms with van der Waals surface area (Å²) in [5.41, 5.74) is 1.44. The van der Waals surface area contributed by atoms with Crippen molar-refractivity contribution in [2.24, 2.45) is 0 Å². The quantitative estimate of drug-likeness (QED) is 0.610. The highest BCUT2D eigenvalue weighted by Gasteiger charge is 2.26. The van der Waals surface area contributed by atoms with Crippen molar-refractivity contribution < 1.29 is 9.90 Å². The molecule has 0 fully saturated rings. The molecule has 1 atom stereocenters. The Morgan fingerprint density at radius 2 is 2.46 bits per heavy atom. The van der Waals surface area contributed by atoms with Gasteiger partial charge in [-0.25, -0.2) is 0 Å². The highest BCUT2D eigenvalue weighted by atomic mass is 16.3. The van der Waals surface area contributed by atoms with E-state index in [1.165, 1.54) is 6.08 Å². The van der Waals surface area contributed by atoms with Crippen LogP contribution in [0.1, 0.15) is 19.8 Å². The highest BCUT2D eigenvalue weighted by Crippen LogP contribution is 2.24. The number of allylic oxidation sites excluding steroid dienone is 2. The summed E-state index contributed by atoms with van der Waals surface area (Å²) >= 11 is 0. The highest BCUT2D eigenvalue weighted by molar-refractivity contribution is 5.99. The van der Waals surface area contributed by atoms with Crippen molar-refractivity contribution in [3.05, 3.63) is 23.8 Å². The number of carbonyl (C=O) groups is 1. The fourth-order valence-corrected chi connectivity index (χ4v) is 1.32. The number of aliphatic hydroxyl groups excluding tert-OH is 1. The third-order valence-electron chi connectivity index (χ3n) is 2.16. The van der Waals surface area contributed by atoms with E-state index in [1.807, 2.05) is 0 Å². The standard InChI is InChI=1S/C11H12O2/c1-3-4-5-6-9-8(2)10(12)7-11(9)13/h3,10,12H,1,6-7H2,2H3/t10-/m0/s1. The van der Waals surface area contributed by atoms with Crippen LogP contribution in [0.25, 0.3) is 0 Å². The molecule has 0 aromatic rings. The van der Waals surface area contributed by atoms with Gasteiger partial charge in [0, 0.05) is 18.4 Å². The van der Waals surface area contributed by atoms with Crippen LogP contribution in [0, 0.1) is 11.8 Å². The number of hydrogen-bond donors (Lipinski definition) is 1. The maximum absolute atomic E-state index is 11.3. The summed E-state index contributed by atoms with van der Waals surface area (Å²) in [7, 11) is 0. The summed E-state index contributed by atoms with van der Waals surface area (Å²) in [5.74, 6) is 5.49. The maximum Gasteiger partial charge on any atom is 0.162 e. The zero-order valence-corrected chi connectivity index (χ0v) is 7.63. The second kappa shape index (κ2) is 4.06. The first kappa shape index (κ1) is 9.76. The summed E-state index contributed by atoms with van der Waals surface area (Å²) in [6.45, 7) is 5.23. The van der Waals surface area contributed by atoms with E-state index in [1.54, 1.807) is 6.92 Å². The van der Waals surface area contributed by atoms with Crippen LogP contribution >= 0.6 is 0 Å². The van der Waals surface area contributed by atoms with E-state index in [2.05, 4.69) is 18.4 Å². The van der Waals surface area contributed by atoms with Gasteiger partial charge in [-0.3, -0.25) is 4.79 Å². The van der Waals surface area contributed by atoms with Crippen LogP contribution in [0.15, 0.2) is 23.8 Å². The summed E-state index contributed by atoms with van der Waals surface area (Å²) in [6, 6.07) is 0. The summed E-state index contributed by atoms with van der Waals surface area (Å²) in [6.07, 6.45) is 1.55. The zero-order chi connectivity index (χ0) is 9.84. The maximum atomic E-state index is 11.3. The Kier molecular flexibility index (Phi) is 3.05. The van der Waals surface area contributed by atoms with Crippen molar-refractivity contribution >= 4 is 5.78 Å². The minimum Gasteiger partial charge on any atom is -0.388 e. The monoisotopic (exact) mass is 176 g/mol. The molecule has 68 valence electrons. The normalized spacial score (nSPS) is 21.4. The molecule has 0 saturated carbocycles. The Bertz CT molecular complexity index is 326. The molecule has 0 radical (unpaired) electrons. The van der Waals surface area contributed by atoms with Crippen LogP contribution in [0.2, 0.25) is 0 Å². The van der Waals surface area contributed by atoms with Gasteiger partial charge in [-0.1, -0.05) is 18.4 Å². The van der Waals surface area contributed by atoms with Crippen molar-refractivity contribution in [2.45, 2.75) is 25.9 Å². The smallest absolute Gasteiger partial charge is 0.162 e. The van der Waals surface area contributed by atoms with Gasteiger partial charge in [-0.15, -0.1) is 0 Å². The summed E-state index contributed by atoms with van der Waals surface area (Å²) in [4.78, 5) is 11.3. The Labute approximate surface area is 78.0 Å². The number of Topliss-reactive ketones (excluding diaryl/α,β-unsaturated/α-hetero) is 1. The molecule has 0 aromatic carbocycles. The second-order valence-electron chi connectivity index (χ2n) is 3.01. The molecule has 1 aliphatic carbocycles. The molecule has 0 bridgehead atoms.